The van der Waals surface area contributed by atoms with Crippen LogP contribution in [0.4, 0.5) is 4.39 Å². The molecule has 2 aliphatic heterocycles. The van der Waals surface area contributed by atoms with Gasteiger partial charge in [-0.2, -0.15) is 0 Å². The van der Waals surface area contributed by atoms with E-state index in [0.717, 1.165) is 0 Å². The molecule has 0 spiro atoms. The van der Waals surface area contributed by atoms with Crippen LogP contribution in [-0.4, -0.2) is 48.3 Å². The predicted octanol–water partition coefficient (Wildman–Crippen LogP) is 2.76. The highest BCUT2D eigenvalue weighted by atomic mass is 19.1. The number of carbonyl (C=O) groups is 2. The third-order valence-corrected chi connectivity index (χ3v) is 7.33. The largest absolute Gasteiger partial charge is 0.615 e. The molecule has 2 aromatic carbocycles. The van der Waals surface area contributed by atoms with Crippen LogP contribution in [0.2, 0.25) is 0 Å². The number of benzene rings is 2. The van der Waals surface area contributed by atoms with Crippen molar-refractivity contribution in [2.75, 3.05) is 14.2 Å². The van der Waals surface area contributed by atoms with E-state index in [9.17, 15) is 14.0 Å². The number of nitrogens with zero attached hydrogens (tertiary/aromatic N) is 1. The Labute approximate surface area is 175 Å². The second-order valence-electron chi connectivity index (χ2n) is 9.15. The summed E-state index contributed by atoms with van der Waals surface area (Å²) in [7, 11) is 3.29. The van der Waals surface area contributed by atoms with E-state index >= 15 is 0 Å². The fourth-order valence-electron chi connectivity index (χ4n) is 4.97. The lowest BCUT2D eigenvalue weighted by Gasteiger charge is -2.54. The molecule has 2 aliphatic rings. The molecule has 0 aliphatic carbocycles. The van der Waals surface area contributed by atoms with Crippen LogP contribution in [0.1, 0.15) is 27.7 Å². The first kappa shape index (κ1) is 20.4. The second kappa shape index (κ2) is 6.07. The maximum atomic E-state index is 14.7. The van der Waals surface area contributed by atoms with Gasteiger partial charge in [-0.1, -0.05) is 24.3 Å². The van der Waals surface area contributed by atoms with E-state index in [1.807, 2.05) is 7.05 Å². The number of halogens is 1. The Balaban J connectivity index is 1.92. The Morgan fingerprint density at radius 3 is 2.10 bits per heavy atom. The van der Waals surface area contributed by atoms with Gasteiger partial charge in [-0.15, -0.1) is 0 Å². The molecule has 2 heterocycles. The zero-order valence-corrected chi connectivity index (χ0v) is 18.0. The second-order valence-corrected chi connectivity index (χ2v) is 9.15. The number of likely N-dealkylation sites (N-methyl/N-ethyl adjacent to an activating group) is 1. The molecule has 30 heavy (non-hydrogen) atoms. The van der Waals surface area contributed by atoms with Gasteiger partial charge in [-0.25, -0.2) is 14.0 Å². The van der Waals surface area contributed by atoms with Gasteiger partial charge in [-0.3, -0.25) is 0 Å². The Bertz CT molecular complexity index is 1050. The van der Waals surface area contributed by atoms with Crippen LogP contribution in [0.3, 0.4) is 0 Å². The summed E-state index contributed by atoms with van der Waals surface area (Å²) < 4.78 is 31.5. The van der Waals surface area contributed by atoms with Crippen molar-refractivity contribution in [2.45, 2.75) is 38.8 Å². The molecule has 0 radical (unpaired) electrons. The number of fused-ring (bicyclic) bond motifs is 1. The van der Waals surface area contributed by atoms with Gasteiger partial charge in [-0.05, 0) is 50.9 Å². The van der Waals surface area contributed by atoms with E-state index in [-0.39, 0.29) is 4.39 Å². The first-order chi connectivity index (χ1) is 13.9. The average molecular weight is 413 g/mol. The van der Waals surface area contributed by atoms with Gasteiger partial charge in [0.15, 0.2) is 11.1 Å². The topological polar surface area (TPSA) is 61.8 Å². The molecule has 4 rings (SSSR count). The van der Waals surface area contributed by atoms with Gasteiger partial charge in [0.25, 0.3) is 0 Å². The summed E-state index contributed by atoms with van der Waals surface area (Å²) in [5, 5.41) is 0. The highest BCUT2D eigenvalue weighted by molar-refractivity contribution is 6.79. The van der Waals surface area contributed by atoms with Crippen molar-refractivity contribution in [3.05, 3.63) is 48.3 Å². The number of quaternary nitrogens is 1. The molecule has 158 valence electrons. The van der Waals surface area contributed by atoms with Crippen molar-refractivity contribution >= 4 is 24.1 Å². The third-order valence-electron chi connectivity index (χ3n) is 7.33. The molecule has 0 amide bonds. The average Bonchev–Trinajstić information content (AvgIpc) is 2.96. The minimum absolute atomic E-state index is 0.0494. The maximum Gasteiger partial charge on any atom is 0.615 e. The molecule has 0 atom stereocenters. The summed E-state index contributed by atoms with van der Waals surface area (Å²) in [6.07, 6.45) is 0. The fourth-order valence-corrected chi connectivity index (χ4v) is 4.97. The number of hydrogen-bond acceptors (Lipinski definition) is 5. The molecule has 0 aromatic heterocycles. The van der Waals surface area contributed by atoms with Crippen molar-refractivity contribution in [3.8, 4) is 16.9 Å². The van der Waals surface area contributed by atoms with Crippen LogP contribution in [0, 0.1) is 5.82 Å². The van der Waals surface area contributed by atoms with Crippen LogP contribution in [-0.2, 0) is 18.9 Å². The number of carbonyl (C=O) groups excluding carboxylic acids is 2. The predicted molar refractivity (Wildman–Crippen MR) is 110 cm³/mol. The van der Waals surface area contributed by atoms with Gasteiger partial charge in [0.2, 0.25) is 0 Å². The number of ether oxygens (including phenoxy) is 1. The molecule has 0 N–H and O–H groups in total. The first-order valence-corrected chi connectivity index (χ1v) is 9.84. The number of methoxy groups -OCH3 is 1. The van der Waals surface area contributed by atoms with E-state index in [1.165, 1.54) is 13.2 Å². The summed E-state index contributed by atoms with van der Waals surface area (Å²) in [5.41, 5.74) is -0.556. The van der Waals surface area contributed by atoms with E-state index in [0.29, 0.717) is 22.3 Å². The van der Waals surface area contributed by atoms with E-state index in [4.69, 9.17) is 14.0 Å². The molecule has 0 bridgehead atoms. The Hall–Kier alpha value is -2.87. The molecule has 6 nitrogen and oxygen atoms in total. The summed E-state index contributed by atoms with van der Waals surface area (Å²) in [6.45, 7) is 4.51. The smallest absolute Gasteiger partial charge is 0.596 e. The van der Waals surface area contributed by atoms with Gasteiger partial charge >= 0.3 is 18.6 Å². The highest BCUT2D eigenvalue weighted by Gasteiger charge is 2.80. The summed E-state index contributed by atoms with van der Waals surface area (Å²) in [4.78, 5) is 25.8. The van der Waals surface area contributed by atoms with Gasteiger partial charge in [0, 0.05) is 18.7 Å². The third kappa shape index (κ3) is 2.22. The molecule has 0 unspecified atom stereocenters. The zero-order valence-electron chi connectivity index (χ0n) is 18.0. The number of hydrogen-bond donors (Lipinski definition) is 0. The molecule has 2 saturated heterocycles. The van der Waals surface area contributed by atoms with Crippen molar-refractivity contribution in [1.82, 2.24) is 0 Å². The lowest BCUT2D eigenvalue weighted by Crippen LogP contribution is -2.77. The van der Waals surface area contributed by atoms with Crippen LogP contribution in [0.25, 0.3) is 11.1 Å². The molecule has 8 heteroatoms. The van der Waals surface area contributed by atoms with Gasteiger partial charge in [0.1, 0.15) is 11.6 Å². The Kier molecular flexibility index (Phi) is 4.13. The highest BCUT2D eigenvalue weighted by Crippen LogP contribution is 2.51. The van der Waals surface area contributed by atoms with Crippen LogP contribution in [0.5, 0.6) is 5.75 Å². The molecular weight excluding hydrogens is 388 g/mol. The lowest BCUT2D eigenvalue weighted by molar-refractivity contribution is -0.885. The summed E-state index contributed by atoms with van der Waals surface area (Å²) in [6, 6.07) is 11.6. The SMILES string of the molecule is COc1ccc(-c2cccc([B-]34OC(=O)C(C)(C)[N+]3(C)C(C)(C)C(=O)O4)c2)c(F)c1. The van der Waals surface area contributed by atoms with E-state index in [1.54, 1.807) is 64.1 Å². The normalized spacial score (nSPS) is 28.6. The van der Waals surface area contributed by atoms with E-state index in [2.05, 4.69) is 0 Å². The molecule has 2 aromatic rings. The molecule has 0 saturated carbocycles. The molecular formula is C22H25BFNO5. The van der Waals surface area contributed by atoms with Crippen LogP contribution >= 0.6 is 0 Å². The van der Waals surface area contributed by atoms with E-state index < -0.39 is 35.5 Å². The standard InChI is InChI=1S/C22H25BFNO5/c1-21(2)19(26)29-23(25(21,5)22(3,4)20(27)30-23)15-9-7-8-14(12-15)17-11-10-16(28-6)13-18(17)24/h7-13H,1-6H3. The van der Waals surface area contributed by atoms with Crippen molar-refractivity contribution in [1.29, 1.82) is 0 Å². The lowest BCUT2D eigenvalue weighted by atomic mass is 9.57. The van der Waals surface area contributed by atoms with Gasteiger partial charge in [0.05, 0.1) is 7.11 Å². The van der Waals surface area contributed by atoms with Crippen molar-refractivity contribution in [3.63, 3.8) is 0 Å². The minimum Gasteiger partial charge on any atom is -0.596 e. The van der Waals surface area contributed by atoms with Crippen molar-refractivity contribution < 1.29 is 32.4 Å². The zero-order chi connectivity index (χ0) is 22.1. The van der Waals surface area contributed by atoms with Crippen molar-refractivity contribution in [2.24, 2.45) is 0 Å². The number of rotatable bonds is 3. The Morgan fingerprint density at radius 1 is 0.967 bits per heavy atom. The fraction of sp³-hybridized carbons (Fsp3) is 0.364. The minimum atomic E-state index is -2.53. The van der Waals surface area contributed by atoms with Crippen LogP contribution in [0.15, 0.2) is 42.5 Å². The molecule has 2 fully saturated rings. The first-order valence-electron chi connectivity index (χ1n) is 9.84. The maximum absolute atomic E-state index is 14.7. The quantitative estimate of drug-likeness (QED) is 0.725. The summed E-state index contributed by atoms with van der Waals surface area (Å²) >= 11 is 0. The Morgan fingerprint density at radius 2 is 1.57 bits per heavy atom. The van der Waals surface area contributed by atoms with Gasteiger partial charge < -0.3 is 18.4 Å². The summed E-state index contributed by atoms with van der Waals surface area (Å²) in [5.74, 6) is -0.906. The monoisotopic (exact) mass is 413 g/mol. The van der Waals surface area contributed by atoms with Crippen LogP contribution < -0.4 is 10.2 Å².